The van der Waals surface area contributed by atoms with E-state index in [9.17, 15) is 0 Å². The highest BCUT2D eigenvalue weighted by Crippen LogP contribution is 2.46. The number of allylic oxidation sites excluding steroid dienone is 5. The van der Waals surface area contributed by atoms with Crippen LogP contribution in [0.5, 0.6) is 0 Å². The van der Waals surface area contributed by atoms with Gasteiger partial charge in [-0.3, -0.25) is 0 Å². The lowest BCUT2D eigenvalue weighted by atomic mass is 9.78. The normalized spacial score (nSPS) is 16.6. The third-order valence-electron chi connectivity index (χ3n) is 8.86. The Hall–Kier alpha value is -5.87. The van der Waals surface area contributed by atoms with E-state index in [-0.39, 0.29) is 5.92 Å². The highest BCUT2D eigenvalue weighted by Gasteiger charge is 2.31. The Morgan fingerprint density at radius 1 is 0.511 bits per heavy atom. The summed E-state index contributed by atoms with van der Waals surface area (Å²) in [5.74, 6) is 3.23. The van der Waals surface area contributed by atoms with Gasteiger partial charge < -0.3 is 4.42 Å². The molecule has 2 heterocycles. The zero-order valence-electron chi connectivity index (χ0n) is 24.3. The van der Waals surface area contributed by atoms with Crippen molar-refractivity contribution in [2.75, 3.05) is 0 Å². The molecule has 0 N–H and O–H groups in total. The van der Waals surface area contributed by atoms with Crippen LogP contribution in [0.4, 0.5) is 0 Å². The standard InChI is InChI=1S/C41H27N3O/c1-3-11-26(12-4-1)32-24-34-37-33-18-10-9-14-28(33)21-22-36(37)45-38(34)35(25-32)41-43-39(29-15-5-2-6-16-29)42-40(44-41)31-20-19-27-13-7-8-17-30(27)23-31/h1-25,28,33H. The molecule has 2 aliphatic carbocycles. The molecule has 4 heteroatoms. The number of rotatable bonds is 4. The van der Waals surface area contributed by atoms with Gasteiger partial charge in [0.15, 0.2) is 17.5 Å². The first-order valence-corrected chi connectivity index (χ1v) is 15.3. The molecule has 45 heavy (non-hydrogen) atoms. The van der Waals surface area contributed by atoms with Crippen LogP contribution in [0.1, 0.15) is 17.2 Å². The quantitative estimate of drug-likeness (QED) is 0.209. The minimum absolute atomic E-state index is 0.210. The molecule has 0 radical (unpaired) electrons. The van der Waals surface area contributed by atoms with Gasteiger partial charge in [-0.15, -0.1) is 0 Å². The molecule has 0 saturated carbocycles. The van der Waals surface area contributed by atoms with Crippen LogP contribution >= 0.6 is 0 Å². The van der Waals surface area contributed by atoms with E-state index in [0.717, 1.165) is 49.9 Å². The van der Waals surface area contributed by atoms with Crippen molar-refractivity contribution in [1.29, 1.82) is 0 Å². The average Bonchev–Trinajstić information content (AvgIpc) is 3.51. The maximum atomic E-state index is 6.72. The fourth-order valence-electron chi connectivity index (χ4n) is 6.63. The fourth-order valence-corrected chi connectivity index (χ4v) is 6.63. The lowest BCUT2D eigenvalue weighted by molar-refractivity contribution is 0.578. The minimum Gasteiger partial charge on any atom is -0.456 e. The molecule has 2 aromatic heterocycles. The lowest BCUT2D eigenvalue weighted by Crippen LogP contribution is -2.12. The van der Waals surface area contributed by atoms with Gasteiger partial charge in [0.2, 0.25) is 0 Å². The van der Waals surface area contributed by atoms with Crippen molar-refractivity contribution in [1.82, 2.24) is 15.0 Å². The number of benzene rings is 5. The Morgan fingerprint density at radius 2 is 1.20 bits per heavy atom. The van der Waals surface area contributed by atoms with Crippen LogP contribution in [0.25, 0.3) is 73.1 Å². The zero-order valence-corrected chi connectivity index (χ0v) is 24.3. The SMILES string of the molecule is C1=CC2C=Cc3oc4c(-c5nc(-c6ccccc6)nc(-c6ccc7ccccc7c6)n5)cc(-c5ccccc5)cc4c3C2C=C1. The van der Waals surface area contributed by atoms with Crippen molar-refractivity contribution in [2.45, 2.75) is 5.92 Å². The van der Waals surface area contributed by atoms with Gasteiger partial charge in [-0.2, -0.15) is 0 Å². The largest absolute Gasteiger partial charge is 0.456 e. The summed E-state index contributed by atoms with van der Waals surface area (Å²) in [6, 6.07) is 39.7. The number of hydrogen-bond donors (Lipinski definition) is 0. The molecule has 9 rings (SSSR count). The van der Waals surface area contributed by atoms with Crippen molar-refractivity contribution in [3.63, 3.8) is 0 Å². The minimum atomic E-state index is 0.210. The predicted octanol–water partition coefficient (Wildman–Crippen LogP) is 10.3. The van der Waals surface area contributed by atoms with Gasteiger partial charge >= 0.3 is 0 Å². The topological polar surface area (TPSA) is 51.8 Å². The van der Waals surface area contributed by atoms with Gasteiger partial charge in [-0.1, -0.05) is 127 Å². The lowest BCUT2D eigenvalue weighted by Gasteiger charge is -2.24. The van der Waals surface area contributed by atoms with Crippen LogP contribution in [0.2, 0.25) is 0 Å². The summed E-state index contributed by atoms with van der Waals surface area (Å²) in [7, 11) is 0. The van der Waals surface area contributed by atoms with Crippen LogP contribution in [0, 0.1) is 5.92 Å². The molecule has 0 saturated heterocycles. The number of fused-ring (bicyclic) bond motifs is 6. The van der Waals surface area contributed by atoms with Crippen LogP contribution in [0.15, 0.2) is 150 Å². The second kappa shape index (κ2) is 10.4. The van der Waals surface area contributed by atoms with Gasteiger partial charge in [-0.25, -0.2) is 15.0 Å². The molecule has 2 aliphatic rings. The number of hydrogen-bond acceptors (Lipinski definition) is 4. The first-order chi connectivity index (χ1) is 22.3. The molecule has 0 bridgehead atoms. The van der Waals surface area contributed by atoms with Gasteiger partial charge in [0.05, 0.1) is 5.56 Å². The van der Waals surface area contributed by atoms with Gasteiger partial charge in [0, 0.05) is 33.9 Å². The fraction of sp³-hybridized carbons (Fsp3) is 0.0488. The highest BCUT2D eigenvalue weighted by atomic mass is 16.3. The Kier molecular flexibility index (Phi) is 5.91. The highest BCUT2D eigenvalue weighted by molar-refractivity contribution is 6.00. The molecule has 5 aromatic carbocycles. The first kappa shape index (κ1) is 25.6. The van der Waals surface area contributed by atoms with Crippen molar-refractivity contribution < 1.29 is 4.42 Å². The molecule has 0 aliphatic heterocycles. The molecule has 4 nitrogen and oxygen atoms in total. The Bertz CT molecular complexity index is 2330. The van der Waals surface area contributed by atoms with E-state index >= 15 is 0 Å². The summed E-state index contributed by atoms with van der Waals surface area (Å²) < 4.78 is 6.72. The van der Waals surface area contributed by atoms with E-state index in [4.69, 9.17) is 19.4 Å². The van der Waals surface area contributed by atoms with E-state index in [1.807, 2.05) is 36.4 Å². The summed E-state index contributed by atoms with van der Waals surface area (Å²) in [5, 5.41) is 3.41. The third kappa shape index (κ3) is 4.42. The van der Waals surface area contributed by atoms with E-state index in [1.54, 1.807) is 0 Å². The molecule has 2 atom stereocenters. The predicted molar refractivity (Wildman–Crippen MR) is 182 cm³/mol. The molecule has 0 spiro atoms. The van der Waals surface area contributed by atoms with Gasteiger partial charge in [0.1, 0.15) is 11.3 Å². The second-order valence-corrected chi connectivity index (χ2v) is 11.6. The first-order valence-electron chi connectivity index (χ1n) is 15.3. The molecule has 0 fully saturated rings. The third-order valence-corrected chi connectivity index (χ3v) is 8.86. The molecule has 7 aromatic rings. The van der Waals surface area contributed by atoms with Crippen molar-refractivity contribution >= 4 is 27.8 Å². The van der Waals surface area contributed by atoms with Crippen molar-refractivity contribution in [3.05, 3.63) is 157 Å². The zero-order chi connectivity index (χ0) is 29.7. The Labute approximate surface area is 260 Å². The maximum absolute atomic E-state index is 6.72. The number of furan rings is 1. The van der Waals surface area contributed by atoms with Gasteiger partial charge in [-0.05, 0) is 46.2 Å². The van der Waals surface area contributed by atoms with E-state index in [1.165, 1.54) is 10.9 Å². The van der Waals surface area contributed by atoms with Crippen molar-refractivity contribution in [3.8, 4) is 45.3 Å². The summed E-state index contributed by atoms with van der Waals surface area (Å²) in [6.45, 7) is 0. The smallest absolute Gasteiger partial charge is 0.167 e. The van der Waals surface area contributed by atoms with Crippen LogP contribution in [0.3, 0.4) is 0 Å². The summed E-state index contributed by atoms with van der Waals surface area (Å²) in [6.07, 6.45) is 13.2. The molecular weight excluding hydrogens is 550 g/mol. The summed E-state index contributed by atoms with van der Waals surface area (Å²) in [5.41, 5.74) is 6.95. The molecule has 212 valence electrons. The number of nitrogens with zero attached hydrogens (tertiary/aromatic N) is 3. The average molecular weight is 578 g/mol. The Morgan fingerprint density at radius 3 is 2.02 bits per heavy atom. The Balaban J connectivity index is 1.32. The second-order valence-electron chi connectivity index (χ2n) is 11.6. The molecule has 2 unspecified atom stereocenters. The van der Waals surface area contributed by atoms with Crippen LogP contribution < -0.4 is 0 Å². The van der Waals surface area contributed by atoms with Crippen LogP contribution in [-0.2, 0) is 0 Å². The van der Waals surface area contributed by atoms with Gasteiger partial charge in [0.25, 0.3) is 0 Å². The van der Waals surface area contributed by atoms with E-state index in [2.05, 4.69) is 115 Å². The summed E-state index contributed by atoms with van der Waals surface area (Å²) >= 11 is 0. The molecule has 0 amide bonds. The molecular formula is C41H27N3O. The summed E-state index contributed by atoms with van der Waals surface area (Å²) in [4.78, 5) is 15.3. The van der Waals surface area contributed by atoms with E-state index < -0.39 is 0 Å². The monoisotopic (exact) mass is 577 g/mol. The van der Waals surface area contributed by atoms with Crippen molar-refractivity contribution in [2.24, 2.45) is 5.92 Å². The van der Waals surface area contributed by atoms with Crippen LogP contribution in [-0.4, -0.2) is 15.0 Å². The van der Waals surface area contributed by atoms with E-state index in [0.29, 0.717) is 23.4 Å². The maximum Gasteiger partial charge on any atom is 0.167 e. The number of aromatic nitrogens is 3.